The van der Waals surface area contributed by atoms with Crippen molar-refractivity contribution in [2.24, 2.45) is 5.73 Å². The van der Waals surface area contributed by atoms with E-state index in [4.69, 9.17) is 5.73 Å². The molecule has 1 unspecified atom stereocenters. The van der Waals surface area contributed by atoms with Crippen LogP contribution in [-0.4, -0.2) is 19.1 Å². The second kappa shape index (κ2) is 3.24. The van der Waals surface area contributed by atoms with Gasteiger partial charge in [-0.3, -0.25) is 0 Å². The minimum atomic E-state index is 0. The Labute approximate surface area is 49.9 Å². The minimum absolute atomic E-state index is 0. The smallest absolute Gasteiger partial charge is 0.0202 e. The molecule has 0 spiro atoms. The van der Waals surface area contributed by atoms with E-state index in [0.29, 0.717) is 6.04 Å². The summed E-state index contributed by atoms with van der Waals surface area (Å²) in [6.07, 6.45) is 1.27. The molecule has 0 saturated carbocycles. The van der Waals surface area contributed by atoms with Crippen LogP contribution < -0.4 is 11.1 Å². The van der Waals surface area contributed by atoms with Crippen molar-refractivity contribution in [2.75, 3.05) is 13.1 Å². The van der Waals surface area contributed by atoms with Crippen LogP contribution >= 0.6 is 12.4 Å². The van der Waals surface area contributed by atoms with Gasteiger partial charge in [0.05, 0.1) is 0 Å². The van der Waals surface area contributed by atoms with Crippen molar-refractivity contribution in [1.82, 2.24) is 5.32 Å². The van der Waals surface area contributed by atoms with Gasteiger partial charge in [0.25, 0.3) is 0 Å². The highest BCUT2D eigenvalue weighted by molar-refractivity contribution is 5.85. The normalized spacial score (nSPS) is 27.9. The predicted molar refractivity (Wildman–Crippen MR) is 32.7 cm³/mol. The Bertz CT molecular complexity index is 42.2. The lowest BCUT2D eigenvalue weighted by atomic mass is 10.1. The summed E-state index contributed by atoms with van der Waals surface area (Å²) in [5.74, 6) is 0. The van der Waals surface area contributed by atoms with Crippen LogP contribution in [0, 0.1) is 0 Å². The van der Waals surface area contributed by atoms with E-state index in [2.05, 4.69) is 5.32 Å². The molecule has 3 N–H and O–H groups in total. The van der Waals surface area contributed by atoms with E-state index in [1.807, 2.05) is 0 Å². The molecule has 0 radical (unpaired) electrons. The molecule has 1 atom stereocenters. The maximum atomic E-state index is 5.27. The number of rotatable bonds is 1. The second-order valence-electron chi connectivity index (χ2n) is 1.68. The first-order chi connectivity index (χ1) is 2.93. The van der Waals surface area contributed by atoms with Gasteiger partial charge in [-0.15, -0.1) is 12.4 Å². The first-order valence-corrected chi connectivity index (χ1v) is 2.37. The van der Waals surface area contributed by atoms with Crippen molar-refractivity contribution in [3.05, 3.63) is 0 Å². The molecule has 2 nitrogen and oxygen atoms in total. The summed E-state index contributed by atoms with van der Waals surface area (Å²) in [4.78, 5) is 0. The number of nitrogens with one attached hydrogen (secondary N) is 1. The van der Waals surface area contributed by atoms with Gasteiger partial charge in [0, 0.05) is 12.6 Å². The molecule has 0 aromatic rings. The van der Waals surface area contributed by atoms with Gasteiger partial charge in [-0.2, -0.15) is 0 Å². The zero-order valence-corrected chi connectivity index (χ0v) is 5.00. The number of halogens is 1. The third kappa shape index (κ3) is 1.63. The fourth-order valence-electron chi connectivity index (χ4n) is 0.550. The molecule has 1 heterocycles. The van der Waals surface area contributed by atoms with E-state index >= 15 is 0 Å². The van der Waals surface area contributed by atoms with E-state index in [0.717, 1.165) is 6.54 Å². The quantitative estimate of drug-likeness (QED) is 0.503. The number of hydrogen-bond donors (Lipinski definition) is 2. The SMILES string of the molecule is Cl.NCC1CCN1. The van der Waals surface area contributed by atoms with Crippen LogP contribution in [0.15, 0.2) is 0 Å². The molecule has 0 aliphatic carbocycles. The van der Waals surface area contributed by atoms with Crippen LogP contribution in [0.2, 0.25) is 0 Å². The van der Waals surface area contributed by atoms with Crippen molar-refractivity contribution in [3.8, 4) is 0 Å². The van der Waals surface area contributed by atoms with Crippen LogP contribution in [0.3, 0.4) is 0 Å². The topological polar surface area (TPSA) is 38.0 Å². The van der Waals surface area contributed by atoms with Gasteiger partial charge in [-0.25, -0.2) is 0 Å². The first-order valence-electron chi connectivity index (χ1n) is 2.37. The Morgan fingerprint density at radius 3 is 2.29 bits per heavy atom. The Kier molecular flexibility index (Phi) is 3.34. The van der Waals surface area contributed by atoms with Gasteiger partial charge in [-0.05, 0) is 13.0 Å². The van der Waals surface area contributed by atoms with Crippen molar-refractivity contribution in [1.29, 1.82) is 0 Å². The lowest BCUT2D eigenvalue weighted by molar-refractivity contribution is 0.379. The molecule has 3 heteroatoms. The molecule has 1 rings (SSSR count). The van der Waals surface area contributed by atoms with Crippen molar-refractivity contribution in [2.45, 2.75) is 12.5 Å². The van der Waals surface area contributed by atoms with Crippen molar-refractivity contribution in [3.63, 3.8) is 0 Å². The van der Waals surface area contributed by atoms with Gasteiger partial charge in [0.2, 0.25) is 0 Å². The fourth-order valence-corrected chi connectivity index (χ4v) is 0.550. The molecule has 1 aliphatic rings. The Morgan fingerprint density at radius 1 is 1.71 bits per heavy atom. The highest BCUT2D eigenvalue weighted by Gasteiger charge is 2.12. The largest absolute Gasteiger partial charge is 0.329 e. The molecule has 7 heavy (non-hydrogen) atoms. The highest BCUT2D eigenvalue weighted by atomic mass is 35.5. The molecule has 0 aromatic carbocycles. The van der Waals surface area contributed by atoms with Crippen molar-refractivity contribution < 1.29 is 0 Å². The molecule has 0 amide bonds. The van der Waals surface area contributed by atoms with Crippen LogP contribution in [0.5, 0.6) is 0 Å². The van der Waals surface area contributed by atoms with Crippen LogP contribution in [-0.2, 0) is 0 Å². The Morgan fingerprint density at radius 2 is 2.29 bits per heavy atom. The maximum Gasteiger partial charge on any atom is 0.0202 e. The molecule has 0 bridgehead atoms. The number of hydrogen-bond acceptors (Lipinski definition) is 2. The summed E-state index contributed by atoms with van der Waals surface area (Å²) < 4.78 is 0. The standard InChI is InChI=1S/C4H10N2.ClH/c5-3-4-1-2-6-4;/h4,6H,1-3,5H2;1H. The molecule has 0 aromatic heterocycles. The molecule has 1 fully saturated rings. The Balaban J connectivity index is 0.000000360. The summed E-state index contributed by atoms with van der Waals surface area (Å²) in [6.45, 7) is 1.97. The predicted octanol–water partition coefficient (Wildman–Crippen LogP) is -0.271. The van der Waals surface area contributed by atoms with E-state index in [1.165, 1.54) is 13.0 Å². The molecule has 1 aliphatic heterocycles. The third-order valence-corrected chi connectivity index (χ3v) is 1.21. The van der Waals surface area contributed by atoms with Gasteiger partial charge in [-0.1, -0.05) is 0 Å². The average Bonchev–Trinajstić information content (AvgIpc) is 1.31. The van der Waals surface area contributed by atoms with E-state index < -0.39 is 0 Å². The molecular weight excluding hydrogens is 112 g/mol. The number of nitrogens with two attached hydrogens (primary N) is 1. The van der Waals surface area contributed by atoms with Gasteiger partial charge in [0.15, 0.2) is 0 Å². The van der Waals surface area contributed by atoms with Crippen LogP contribution in [0.25, 0.3) is 0 Å². The summed E-state index contributed by atoms with van der Waals surface area (Å²) in [6, 6.07) is 0.644. The van der Waals surface area contributed by atoms with Gasteiger partial charge < -0.3 is 11.1 Å². The van der Waals surface area contributed by atoms with Gasteiger partial charge >= 0.3 is 0 Å². The summed E-state index contributed by atoms with van der Waals surface area (Å²) >= 11 is 0. The highest BCUT2D eigenvalue weighted by Crippen LogP contribution is 1.96. The van der Waals surface area contributed by atoms with E-state index in [1.54, 1.807) is 0 Å². The third-order valence-electron chi connectivity index (χ3n) is 1.21. The van der Waals surface area contributed by atoms with Gasteiger partial charge in [0.1, 0.15) is 0 Å². The van der Waals surface area contributed by atoms with Crippen molar-refractivity contribution >= 4 is 12.4 Å². The zero-order valence-electron chi connectivity index (χ0n) is 4.18. The van der Waals surface area contributed by atoms with Crippen LogP contribution in [0.4, 0.5) is 0 Å². The summed E-state index contributed by atoms with van der Waals surface area (Å²) in [5, 5.41) is 3.17. The average molecular weight is 123 g/mol. The zero-order chi connectivity index (χ0) is 4.41. The van der Waals surface area contributed by atoms with E-state index in [9.17, 15) is 0 Å². The molecular formula is C4H11ClN2. The lowest BCUT2D eigenvalue weighted by Crippen LogP contribution is -2.47. The lowest BCUT2D eigenvalue weighted by Gasteiger charge is -2.25. The minimum Gasteiger partial charge on any atom is -0.329 e. The maximum absolute atomic E-state index is 5.27. The summed E-state index contributed by atoms with van der Waals surface area (Å²) in [7, 11) is 0. The first kappa shape index (κ1) is 7.21. The van der Waals surface area contributed by atoms with E-state index in [-0.39, 0.29) is 12.4 Å². The molecule has 1 saturated heterocycles. The Hall–Kier alpha value is 0.210. The second-order valence-corrected chi connectivity index (χ2v) is 1.68. The fraction of sp³-hybridized carbons (Fsp3) is 1.00. The van der Waals surface area contributed by atoms with Crippen LogP contribution in [0.1, 0.15) is 6.42 Å². The monoisotopic (exact) mass is 122 g/mol. The molecule has 44 valence electrons. The summed E-state index contributed by atoms with van der Waals surface area (Å²) in [5.41, 5.74) is 5.27.